The third kappa shape index (κ3) is 4.48. The molecule has 2 saturated heterocycles. The fraction of sp³-hybridized carbons (Fsp3) is 0.480. The van der Waals surface area contributed by atoms with E-state index in [2.05, 4.69) is 53.1 Å². The normalized spacial score (nSPS) is 22.8. The van der Waals surface area contributed by atoms with E-state index in [0.717, 1.165) is 57.6 Å². The van der Waals surface area contributed by atoms with E-state index in [4.69, 9.17) is 4.74 Å². The Balaban J connectivity index is 1.43. The van der Waals surface area contributed by atoms with Crippen LogP contribution in [0.4, 0.5) is 0 Å². The lowest BCUT2D eigenvalue weighted by atomic mass is 9.87. The van der Waals surface area contributed by atoms with Gasteiger partial charge < -0.3 is 9.64 Å². The average molecular weight is 393 g/mol. The molecule has 4 heteroatoms. The topological polar surface area (TPSA) is 32.8 Å². The summed E-state index contributed by atoms with van der Waals surface area (Å²) in [5.74, 6) is 1.23. The van der Waals surface area contributed by atoms with Crippen molar-refractivity contribution < 1.29 is 9.53 Å². The fourth-order valence-electron chi connectivity index (χ4n) is 4.91. The number of ether oxygens (including phenoxy) is 1. The average Bonchev–Trinajstić information content (AvgIpc) is 2.90. The smallest absolute Gasteiger partial charge is 0.223 e. The van der Waals surface area contributed by atoms with E-state index in [1.807, 2.05) is 12.1 Å². The molecule has 2 heterocycles. The first-order chi connectivity index (χ1) is 14.1. The van der Waals surface area contributed by atoms with Crippen molar-refractivity contribution in [3.05, 3.63) is 65.2 Å². The summed E-state index contributed by atoms with van der Waals surface area (Å²) in [6.07, 6.45) is 5.04. The Morgan fingerprint density at radius 1 is 0.897 bits per heavy atom. The van der Waals surface area contributed by atoms with E-state index in [-0.39, 0.29) is 5.54 Å². The summed E-state index contributed by atoms with van der Waals surface area (Å²) in [5, 5.41) is 0. The second-order valence-electron chi connectivity index (χ2n) is 8.67. The molecule has 1 unspecified atom stereocenters. The Hall–Kier alpha value is -2.33. The molecule has 0 aromatic heterocycles. The SMILES string of the molecule is COc1ccc(CN2CCCC3(CCC(=O)N3Cc3ccc(C)cc3)CC2)cc1. The molecule has 1 amide bonds. The highest BCUT2D eigenvalue weighted by atomic mass is 16.5. The number of benzene rings is 2. The Morgan fingerprint density at radius 2 is 1.59 bits per heavy atom. The lowest BCUT2D eigenvalue weighted by Gasteiger charge is -2.38. The largest absolute Gasteiger partial charge is 0.497 e. The number of carbonyl (C=O) groups is 1. The van der Waals surface area contributed by atoms with Gasteiger partial charge >= 0.3 is 0 Å². The number of likely N-dealkylation sites (tertiary alicyclic amines) is 2. The van der Waals surface area contributed by atoms with Crippen LogP contribution in [0.5, 0.6) is 5.75 Å². The molecule has 0 radical (unpaired) electrons. The second kappa shape index (κ2) is 8.58. The summed E-state index contributed by atoms with van der Waals surface area (Å²) in [6, 6.07) is 17.0. The number of amides is 1. The Labute approximate surface area is 174 Å². The van der Waals surface area contributed by atoms with Crippen LogP contribution in [0.1, 0.15) is 48.8 Å². The number of nitrogens with zero attached hydrogens (tertiary/aromatic N) is 2. The first kappa shape index (κ1) is 20.0. The standard InChI is InChI=1S/C25H32N2O2/c1-20-4-6-22(7-5-20)19-27-24(28)12-14-25(27)13-3-16-26(17-15-25)18-21-8-10-23(29-2)11-9-21/h4-11H,3,12-19H2,1-2H3. The number of aryl methyl sites for hydroxylation is 1. The van der Waals surface area contributed by atoms with Gasteiger partial charge in [0.15, 0.2) is 0 Å². The quantitative estimate of drug-likeness (QED) is 0.748. The van der Waals surface area contributed by atoms with Crippen LogP contribution < -0.4 is 4.74 Å². The van der Waals surface area contributed by atoms with Crippen LogP contribution in [0, 0.1) is 6.92 Å². The van der Waals surface area contributed by atoms with Crippen LogP contribution in [-0.2, 0) is 17.9 Å². The minimum absolute atomic E-state index is 0.0383. The van der Waals surface area contributed by atoms with Crippen LogP contribution in [-0.4, -0.2) is 41.4 Å². The summed E-state index contributed by atoms with van der Waals surface area (Å²) in [7, 11) is 1.70. The molecule has 29 heavy (non-hydrogen) atoms. The lowest BCUT2D eigenvalue weighted by molar-refractivity contribution is -0.132. The molecule has 0 aliphatic carbocycles. The number of methoxy groups -OCH3 is 1. The van der Waals surface area contributed by atoms with Gasteiger partial charge in [-0.15, -0.1) is 0 Å². The van der Waals surface area contributed by atoms with Gasteiger partial charge in [0.2, 0.25) is 5.91 Å². The number of hydrogen-bond donors (Lipinski definition) is 0. The van der Waals surface area contributed by atoms with Crippen molar-refractivity contribution in [3.63, 3.8) is 0 Å². The summed E-state index contributed by atoms with van der Waals surface area (Å²) >= 11 is 0. The molecule has 0 saturated carbocycles. The molecule has 2 aromatic rings. The highest BCUT2D eigenvalue weighted by Gasteiger charge is 2.45. The van der Waals surface area contributed by atoms with Crippen molar-refractivity contribution in [1.82, 2.24) is 9.80 Å². The Morgan fingerprint density at radius 3 is 2.31 bits per heavy atom. The van der Waals surface area contributed by atoms with Gasteiger partial charge in [0.25, 0.3) is 0 Å². The Bertz CT molecular complexity index is 831. The third-order valence-electron chi connectivity index (χ3n) is 6.71. The highest BCUT2D eigenvalue weighted by molar-refractivity contribution is 5.79. The van der Waals surface area contributed by atoms with Crippen LogP contribution in [0.25, 0.3) is 0 Å². The molecule has 1 spiro atoms. The number of rotatable bonds is 5. The van der Waals surface area contributed by atoms with Crippen LogP contribution in [0.3, 0.4) is 0 Å². The van der Waals surface area contributed by atoms with E-state index < -0.39 is 0 Å². The molecule has 154 valence electrons. The van der Waals surface area contributed by atoms with Crippen molar-refractivity contribution in [1.29, 1.82) is 0 Å². The zero-order valence-electron chi connectivity index (χ0n) is 17.7. The summed E-state index contributed by atoms with van der Waals surface area (Å²) in [6.45, 7) is 5.96. The van der Waals surface area contributed by atoms with E-state index in [0.29, 0.717) is 12.3 Å². The zero-order chi connectivity index (χ0) is 20.3. The van der Waals surface area contributed by atoms with Gasteiger partial charge in [0, 0.05) is 31.6 Å². The van der Waals surface area contributed by atoms with Gasteiger partial charge in [-0.1, -0.05) is 42.0 Å². The maximum absolute atomic E-state index is 12.8. The van der Waals surface area contributed by atoms with Crippen molar-refractivity contribution >= 4 is 5.91 Å². The molecule has 4 nitrogen and oxygen atoms in total. The molecule has 2 aliphatic heterocycles. The second-order valence-corrected chi connectivity index (χ2v) is 8.67. The summed E-state index contributed by atoms with van der Waals surface area (Å²) in [5.41, 5.74) is 3.86. The monoisotopic (exact) mass is 392 g/mol. The molecule has 2 aliphatic rings. The highest BCUT2D eigenvalue weighted by Crippen LogP contribution is 2.40. The molecular formula is C25H32N2O2. The first-order valence-corrected chi connectivity index (χ1v) is 10.8. The molecule has 0 N–H and O–H groups in total. The minimum Gasteiger partial charge on any atom is -0.497 e. The summed E-state index contributed by atoms with van der Waals surface area (Å²) in [4.78, 5) is 17.5. The van der Waals surface area contributed by atoms with Crippen molar-refractivity contribution in [2.24, 2.45) is 0 Å². The van der Waals surface area contributed by atoms with Crippen molar-refractivity contribution in [3.8, 4) is 5.75 Å². The van der Waals surface area contributed by atoms with E-state index >= 15 is 0 Å². The van der Waals surface area contributed by atoms with Gasteiger partial charge in [0.1, 0.15) is 5.75 Å². The van der Waals surface area contributed by atoms with Gasteiger partial charge in [0.05, 0.1) is 7.11 Å². The van der Waals surface area contributed by atoms with Gasteiger partial charge in [-0.05, 0) is 62.4 Å². The van der Waals surface area contributed by atoms with E-state index in [1.54, 1.807) is 7.11 Å². The van der Waals surface area contributed by atoms with E-state index in [9.17, 15) is 4.79 Å². The Kier molecular flexibility index (Phi) is 5.91. The van der Waals surface area contributed by atoms with Gasteiger partial charge in [-0.2, -0.15) is 0 Å². The predicted octanol–water partition coefficient (Wildman–Crippen LogP) is 4.55. The zero-order valence-corrected chi connectivity index (χ0v) is 17.7. The van der Waals surface area contributed by atoms with Gasteiger partial charge in [-0.25, -0.2) is 0 Å². The predicted molar refractivity (Wildman–Crippen MR) is 116 cm³/mol. The van der Waals surface area contributed by atoms with Crippen molar-refractivity contribution in [2.75, 3.05) is 20.2 Å². The third-order valence-corrected chi connectivity index (χ3v) is 6.71. The molecule has 2 aromatic carbocycles. The maximum Gasteiger partial charge on any atom is 0.223 e. The lowest BCUT2D eigenvalue weighted by Crippen LogP contribution is -2.45. The maximum atomic E-state index is 12.8. The molecular weight excluding hydrogens is 360 g/mol. The first-order valence-electron chi connectivity index (χ1n) is 10.8. The van der Waals surface area contributed by atoms with Crippen LogP contribution in [0.15, 0.2) is 48.5 Å². The van der Waals surface area contributed by atoms with Crippen LogP contribution in [0.2, 0.25) is 0 Å². The van der Waals surface area contributed by atoms with E-state index in [1.165, 1.54) is 16.7 Å². The van der Waals surface area contributed by atoms with Crippen LogP contribution >= 0.6 is 0 Å². The molecule has 2 fully saturated rings. The molecule has 0 bridgehead atoms. The number of carbonyl (C=O) groups excluding carboxylic acids is 1. The summed E-state index contributed by atoms with van der Waals surface area (Å²) < 4.78 is 5.27. The van der Waals surface area contributed by atoms with Crippen molar-refractivity contribution in [2.45, 2.75) is 57.7 Å². The minimum atomic E-state index is 0.0383. The molecule has 4 rings (SSSR count). The number of hydrogen-bond acceptors (Lipinski definition) is 3. The molecule has 1 atom stereocenters. The fourth-order valence-corrected chi connectivity index (χ4v) is 4.91. The van der Waals surface area contributed by atoms with Gasteiger partial charge in [-0.3, -0.25) is 9.69 Å².